The number of nitrogens with zero attached hydrogens (tertiary/aromatic N) is 1. The normalized spacial score (nSPS) is 42.8. The second-order valence-corrected chi connectivity index (χ2v) is 5.27. The Morgan fingerprint density at radius 3 is 3.12 bits per heavy atom. The predicted molar refractivity (Wildman–Crippen MR) is 61.5 cm³/mol. The Kier molecular flexibility index (Phi) is 2.30. The Hall–Kier alpha value is -0.870. The van der Waals surface area contributed by atoms with Gasteiger partial charge in [0.15, 0.2) is 0 Å². The minimum atomic E-state index is -0.465. The second-order valence-electron chi connectivity index (χ2n) is 5.27. The number of carbonyl (C=O) groups is 1. The molecule has 88 valence electrons. The maximum Gasteiger partial charge on any atom is 0.230 e. The summed E-state index contributed by atoms with van der Waals surface area (Å²) in [6.45, 7) is 3.16. The highest BCUT2D eigenvalue weighted by Crippen LogP contribution is 2.42. The van der Waals surface area contributed by atoms with Crippen LogP contribution < -0.4 is 11.1 Å². The van der Waals surface area contributed by atoms with Crippen LogP contribution in [0.5, 0.6) is 0 Å². The minimum absolute atomic E-state index is 0.127. The maximum atomic E-state index is 11.8. The van der Waals surface area contributed by atoms with Gasteiger partial charge in [-0.25, -0.2) is 0 Å². The lowest BCUT2D eigenvalue weighted by Crippen LogP contribution is -2.62. The Morgan fingerprint density at radius 1 is 1.56 bits per heavy atom. The highest BCUT2D eigenvalue weighted by Gasteiger charge is 2.50. The lowest BCUT2D eigenvalue weighted by Gasteiger charge is -2.43. The fourth-order valence-corrected chi connectivity index (χ4v) is 3.42. The summed E-state index contributed by atoms with van der Waals surface area (Å²) in [5, 5.41) is 3.48. The van der Waals surface area contributed by atoms with E-state index in [1.165, 1.54) is 0 Å². The molecular formula is C12H19N3O. The van der Waals surface area contributed by atoms with Crippen molar-refractivity contribution in [2.24, 2.45) is 17.1 Å². The Morgan fingerprint density at radius 2 is 2.44 bits per heavy atom. The first-order valence-corrected chi connectivity index (χ1v) is 6.19. The van der Waals surface area contributed by atoms with Gasteiger partial charge in [0.05, 0.1) is 11.6 Å². The van der Waals surface area contributed by atoms with Crippen molar-refractivity contribution in [3.63, 3.8) is 0 Å². The molecule has 2 fully saturated rings. The van der Waals surface area contributed by atoms with Crippen LogP contribution in [0, 0.1) is 11.3 Å². The molecule has 16 heavy (non-hydrogen) atoms. The number of primary amides is 1. The van der Waals surface area contributed by atoms with Crippen LogP contribution in [0.25, 0.3) is 0 Å². The first kappa shape index (κ1) is 10.3. The smallest absolute Gasteiger partial charge is 0.230 e. The molecule has 2 bridgehead atoms. The van der Waals surface area contributed by atoms with Crippen LogP contribution in [-0.2, 0) is 4.79 Å². The molecule has 4 aliphatic rings. The van der Waals surface area contributed by atoms with Crippen LogP contribution in [0.4, 0.5) is 0 Å². The highest BCUT2D eigenvalue weighted by atomic mass is 16.1. The molecule has 0 saturated carbocycles. The van der Waals surface area contributed by atoms with Crippen molar-refractivity contribution < 1.29 is 4.79 Å². The molecule has 4 heteroatoms. The van der Waals surface area contributed by atoms with Gasteiger partial charge in [-0.15, -0.1) is 0 Å². The summed E-state index contributed by atoms with van der Waals surface area (Å²) in [5.41, 5.74) is 5.19. The van der Waals surface area contributed by atoms with Crippen LogP contribution in [0.15, 0.2) is 12.2 Å². The van der Waals surface area contributed by atoms with Crippen molar-refractivity contribution in [1.29, 1.82) is 0 Å². The second kappa shape index (κ2) is 3.57. The van der Waals surface area contributed by atoms with E-state index in [1.54, 1.807) is 0 Å². The molecule has 1 amide bonds. The Balaban J connectivity index is 2.01. The van der Waals surface area contributed by atoms with Crippen LogP contribution >= 0.6 is 0 Å². The number of hydrogen-bond donors (Lipinski definition) is 2. The third kappa shape index (κ3) is 1.33. The van der Waals surface area contributed by atoms with Crippen molar-refractivity contribution in [3.8, 4) is 0 Å². The number of nitrogens with two attached hydrogens (primary N) is 1. The largest absolute Gasteiger partial charge is 0.369 e. The van der Waals surface area contributed by atoms with E-state index in [2.05, 4.69) is 22.4 Å². The average molecular weight is 221 g/mol. The van der Waals surface area contributed by atoms with Crippen molar-refractivity contribution >= 4 is 5.91 Å². The standard InChI is InChI=1S/C12H19N3O/c13-10(16)12-4-2-9(3-5-12)8-15-7-1-6-14-11(12)15/h2,4,9,11,14H,1,3,5-8H2,(H2,13,16). The van der Waals surface area contributed by atoms with Gasteiger partial charge in [-0.2, -0.15) is 0 Å². The number of fused-ring (bicyclic) bond motifs is 1. The summed E-state index contributed by atoms with van der Waals surface area (Å²) in [6, 6.07) is 0. The number of rotatable bonds is 1. The summed E-state index contributed by atoms with van der Waals surface area (Å²) >= 11 is 0. The van der Waals surface area contributed by atoms with Crippen molar-refractivity contribution in [2.75, 3.05) is 19.6 Å². The quantitative estimate of drug-likeness (QED) is 0.616. The van der Waals surface area contributed by atoms with Crippen molar-refractivity contribution in [3.05, 3.63) is 12.2 Å². The zero-order valence-corrected chi connectivity index (χ0v) is 9.48. The van der Waals surface area contributed by atoms with Gasteiger partial charge in [-0.1, -0.05) is 12.2 Å². The molecule has 0 radical (unpaired) electrons. The Bertz CT molecular complexity index is 341. The van der Waals surface area contributed by atoms with Gasteiger partial charge in [-0.3, -0.25) is 9.69 Å². The van der Waals surface area contributed by atoms with Gasteiger partial charge < -0.3 is 11.1 Å². The molecule has 0 aromatic rings. The van der Waals surface area contributed by atoms with E-state index >= 15 is 0 Å². The van der Waals surface area contributed by atoms with E-state index < -0.39 is 5.41 Å². The number of carbonyl (C=O) groups excluding carboxylic acids is 1. The molecule has 0 aromatic carbocycles. The van der Waals surface area contributed by atoms with E-state index in [9.17, 15) is 4.79 Å². The van der Waals surface area contributed by atoms with Gasteiger partial charge in [0, 0.05) is 13.1 Å². The van der Waals surface area contributed by atoms with Crippen LogP contribution in [0.2, 0.25) is 0 Å². The highest BCUT2D eigenvalue weighted by molar-refractivity contribution is 5.84. The number of nitrogens with one attached hydrogen (secondary N) is 1. The molecule has 3 aliphatic heterocycles. The summed E-state index contributed by atoms with van der Waals surface area (Å²) in [5.74, 6) is 0.436. The van der Waals surface area contributed by atoms with Crippen LogP contribution in [0.3, 0.4) is 0 Å². The number of amides is 1. The summed E-state index contributed by atoms with van der Waals surface area (Å²) in [4.78, 5) is 14.3. The van der Waals surface area contributed by atoms with E-state index in [0.717, 1.165) is 38.9 Å². The lowest BCUT2D eigenvalue weighted by atomic mass is 9.74. The van der Waals surface area contributed by atoms with Gasteiger partial charge in [0.2, 0.25) is 5.91 Å². The van der Waals surface area contributed by atoms with E-state index in [4.69, 9.17) is 5.73 Å². The molecule has 3 atom stereocenters. The van der Waals surface area contributed by atoms with Gasteiger partial charge in [-0.05, 0) is 31.7 Å². The maximum absolute atomic E-state index is 11.8. The monoisotopic (exact) mass is 221 g/mol. The summed E-state index contributed by atoms with van der Waals surface area (Å²) in [6.07, 6.45) is 7.56. The predicted octanol–water partition coefficient (Wildman–Crippen LogP) is 0.0593. The van der Waals surface area contributed by atoms with Gasteiger partial charge in [0.1, 0.15) is 0 Å². The molecule has 3 unspecified atom stereocenters. The lowest BCUT2D eigenvalue weighted by molar-refractivity contribution is -0.130. The molecular weight excluding hydrogens is 202 g/mol. The van der Waals surface area contributed by atoms with Crippen molar-refractivity contribution in [2.45, 2.75) is 25.4 Å². The van der Waals surface area contributed by atoms with E-state index in [1.807, 2.05) is 0 Å². The average Bonchev–Trinajstić information content (AvgIpc) is 2.56. The first-order valence-electron chi connectivity index (χ1n) is 6.19. The molecule has 1 aliphatic carbocycles. The zero-order chi connectivity index (χ0) is 11.2. The molecule has 4 nitrogen and oxygen atoms in total. The molecule has 3 heterocycles. The molecule has 4 rings (SSSR count). The Labute approximate surface area is 95.9 Å². The minimum Gasteiger partial charge on any atom is -0.369 e. The van der Waals surface area contributed by atoms with Crippen molar-refractivity contribution in [1.82, 2.24) is 10.2 Å². The third-order valence-electron chi connectivity index (χ3n) is 4.34. The van der Waals surface area contributed by atoms with E-state index in [0.29, 0.717) is 5.92 Å². The molecule has 0 spiro atoms. The molecule has 0 aromatic heterocycles. The zero-order valence-electron chi connectivity index (χ0n) is 9.48. The summed E-state index contributed by atoms with van der Waals surface area (Å²) in [7, 11) is 0. The third-order valence-corrected chi connectivity index (χ3v) is 4.34. The van der Waals surface area contributed by atoms with Gasteiger partial charge in [0.25, 0.3) is 0 Å². The number of hydrogen-bond acceptors (Lipinski definition) is 3. The summed E-state index contributed by atoms with van der Waals surface area (Å²) < 4.78 is 0. The topological polar surface area (TPSA) is 58.4 Å². The van der Waals surface area contributed by atoms with Crippen LogP contribution in [0.1, 0.15) is 19.3 Å². The fraction of sp³-hybridized carbons (Fsp3) is 0.750. The fourth-order valence-electron chi connectivity index (χ4n) is 3.42. The van der Waals surface area contributed by atoms with Gasteiger partial charge >= 0.3 is 0 Å². The SMILES string of the molecule is NC(=O)C12C=CC(CC1)CN1CCCNC12. The molecule has 3 N–H and O–H groups in total. The molecule has 2 saturated heterocycles. The van der Waals surface area contributed by atoms with Crippen LogP contribution in [-0.4, -0.2) is 36.6 Å². The van der Waals surface area contributed by atoms with E-state index in [-0.39, 0.29) is 12.1 Å². The first-order chi connectivity index (χ1) is 7.72.